The maximum Gasteiger partial charge on any atom is 0.472 e. The third-order valence-corrected chi connectivity index (χ3v) is 18.4. The number of ether oxygens (including phenoxy) is 4. The molecule has 0 saturated heterocycles. The van der Waals surface area contributed by atoms with E-state index in [9.17, 15) is 43.2 Å². The van der Waals surface area contributed by atoms with Crippen LogP contribution in [0.25, 0.3) is 0 Å². The van der Waals surface area contributed by atoms with Gasteiger partial charge in [0.15, 0.2) is 12.2 Å². The number of esters is 4. The molecule has 0 aromatic heterocycles. The van der Waals surface area contributed by atoms with Crippen molar-refractivity contribution >= 4 is 39.5 Å². The minimum Gasteiger partial charge on any atom is -0.462 e. The lowest BCUT2D eigenvalue weighted by atomic mass is 10.0. The van der Waals surface area contributed by atoms with Crippen molar-refractivity contribution in [1.29, 1.82) is 0 Å². The van der Waals surface area contributed by atoms with Gasteiger partial charge in [-0.1, -0.05) is 317 Å². The minimum atomic E-state index is -4.95. The molecule has 17 nitrogen and oxygen atoms in total. The van der Waals surface area contributed by atoms with Crippen LogP contribution < -0.4 is 0 Å². The first-order chi connectivity index (χ1) is 43.5. The first-order valence-electron chi connectivity index (χ1n) is 37.1. The second-order valence-electron chi connectivity index (χ2n) is 26.1. The van der Waals surface area contributed by atoms with Crippen LogP contribution in [0.15, 0.2) is 0 Å². The zero-order valence-corrected chi connectivity index (χ0v) is 60.1. The number of unbranched alkanes of at least 4 members (excludes halogenated alkanes) is 43. The fraction of sp³-hybridized carbons (Fsp3) is 0.944. The molecule has 0 saturated carbocycles. The van der Waals surface area contributed by atoms with Crippen LogP contribution >= 0.6 is 15.6 Å². The van der Waals surface area contributed by atoms with Gasteiger partial charge in [-0.25, -0.2) is 9.13 Å². The van der Waals surface area contributed by atoms with E-state index in [1.165, 1.54) is 186 Å². The Morgan fingerprint density at radius 2 is 0.511 bits per heavy atom. The standard InChI is InChI=1S/C71H138O17P2/c1-6-9-12-15-18-21-24-26-27-28-29-30-31-34-37-40-47-52-57-71(76)87-66(60-81-68(73)54-49-44-38-35-33-25-22-19-16-13-10-7-2)62-85-89(77,78)83-58-65(72)59-84-90(79,80)86-63-67(61-82-69(74)55-50-45-42-41-43-48-53-64(4)5)88-70(75)56-51-46-39-36-32-23-20-17-14-11-8-3/h64-67,72H,6-63H2,1-5H3,(H,77,78)(H,79,80)/t65-,66-,67-/m1/s1. The molecule has 0 radical (unpaired) electrons. The Hall–Kier alpha value is -1.94. The highest BCUT2D eigenvalue weighted by Gasteiger charge is 2.30. The van der Waals surface area contributed by atoms with Crippen molar-refractivity contribution in [2.75, 3.05) is 39.6 Å². The summed E-state index contributed by atoms with van der Waals surface area (Å²) < 4.78 is 68.3. The summed E-state index contributed by atoms with van der Waals surface area (Å²) in [5.41, 5.74) is 0. The zero-order valence-electron chi connectivity index (χ0n) is 58.3. The second kappa shape index (κ2) is 64.4. The van der Waals surface area contributed by atoms with E-state index in [0.29, 0.717) is 31.6 Å². The van der Waals surface area contributed by atoms with Gasteiger partial charge in [-0.2, -0.15) is 0 Å². The van der Waals surface area contributed by atoms with Crippen LogP contribution in [-0.4, -0.2) is 96.7 Å². The van der Waals surface area contributed by atoms with Gasteiger partial charge in [0.25, 0.3) is 0 Å². The molecule has 5 atom stereocenters. The molecule has 0 fully saturated rings. The minimum absolute atomic E-state index is 0.106. The number of rotatable bonds is 71. The summed E-state index contributed by atoms with van der Waals surface area (Å²) in [6.07, 6.45) is 51.4. The molecule has 90 heavy (non-hydrogen) atoms. The third kappa shape index (κ3) is 64.8. The van der Waals surface area contributed by atoms with Crippen molar-refractivity contribution in [1.82, 2.24) is 0 Å². The molecular formula is C71H138O17P2. The molecule has 0 aliphatic carbocycles. The normalized spacial score (nSPS) is 14.1. The Morgan fingerprint density at radius 1 is 0.300 bits per heavy atom. The number of phosphoric acid groups is 2. The molecule has 2 unspecified atom stereocenters. The maximum absolute atomic E-state index is 13.0. The van der Waals surface area contributed by atoms with Crippen LogP contribution in [0.2, 0.25) is 0 Å². The lowest BCUT2D eigenvalue weighted by molar-refractivity contribution is -0.161. The average molecular weight is 1330 g/mol. The van der Waals surface area contributed by atoms with Crippen molar-refractivity contribution in [3.63, 3.8) is 0 Å². The van der Waals surface area contributed by atoms with Crippen LogP contribution in [0.4, 0.5) is 0 Å². The van der Waals surface area contributed by atoms with Crippen LogP contribution in [0.5, 0.6) is 0 Å². The summed E-state index contributed by atoms with van der Waals surface area (Å²) in [5.74, 6) is -1.44. The number of aliphatic hydroxyl groups excluding tert-OH is 1. The highest BCUT2D eigenvalue weighted by Crippen LogP contribution is 2.45. The van der Waals surface area contributed by atoms with Gasteiger partial charge >= 0.3 is 39.5 Å². The first kappa shape index (κ1) is 88.1. The first-order valence-corrected chi connectivity index (χ1v) is 40.1. The van der Waals surface area contributed by atoms with E-state index in [0.717, 1.165) is 96.3 Å². The lowest BCUT2D eigenvalue weighted by Crippen LogP contribution is -2.30. The molecule has 0 aliphatic heterocycles. The number of carbonyl (C=O) groups is 4. The predicted octanol–water partition coefficient (Wildman–Crippen LogP) is 20.5. The van der Waals surface area contributed by atoms with Gasteiger partial charge < -0.3 is 33.8 Å². The summed E-state index contributed by atoms with van der Waals surface area (Å²) in [7, 11) is -9.90. The molecule has 0 bridgehead atoms. The largest absolute Gasteiger partial charge is 0.472 e. The van der Waals surface area contributed by atoms with E-state index in [1.54, 1.807) is 0 Å². The van der Waals surface area contributed by atoms with Crippen molar-refractivity contribution < 1.29 is 80.2 Å². The van der Waals surface area contributed by atoms with Crippen molar-refractivity contribution in [2.45, 2.75) is 387 Å². The molecule has 0 heterocycles. The smallest absolute Gasteiger partial charge is 0.462 e. The second-order valence-corrected chi connectivity index (χ2v) is 29.0. The van der Waals surface area contributed by atoms with Crippen LogP contribution in [0, 0.1) is 5.92 Å². The van der Waals surface area contributed by atoms with Gasteiger partial charge in [0.05, 0.1) is 26.4 Å². The van der Waals surface area contributed by atoms with E-state index in [4.69, 9.17) is 37.0 Å². The Kier molecular flexibility index (Phi) is 63.0. The molecule has 0 amide bonds. The van der Waals surface area contributed by atoms with E-state index < -0.39 is 97.5 Å². The van der Waals surface area contributed by atoms with Crippen molar-refractivity contribution in [3.8, 4) is 0 Å². The quantitative estimate of drug-likeness (QED) is 0.0222. The molecule has 0 aromatic rings. The number of phosphoric ester groups is 2. The van der Waals surface area contributed by atoms with Crippen LogP contribution in [-0.2, 0) is 65.4 Å². The van der Waals surface area contributed by atoms with E-state index in [2.05, 4.69) is 34.6 Å². The topological polar surface area (TPSA) is 237 Å². The van der Waals surface area contributed by atoms with Crippen molar-refractivity contribution in [3.05, 3.63) is 0 Å². The van der Waals surface area contributed by atoms with Gasteiger partial charge in [-0.15, -0.1) is 0 Å². The fourth-order valence-corrected chi connectivity index (χ4v) is 12.4. The molecule has 19 heteroatoms. The van der Waals surface area contributed by atoms with Gasteiger partial charge in [-0.05, 0) is 31.6 Å². The molecular weight excluding hydrogens is 1190 g/mol. The summed E-state index contributed by atoms with van der Waals surface area (Å²) in [6, 6.07) is 0. The highest BCUT2D eigenvalue weighted by molar-refractivity contribution is 7.47. The SMILES string of the molecule is CCCCCCCCCCCCCCCCCCCCC(=O)O[C@H](COC(=O)CCCCCCCCCCCCCC)COP(=O)(O)OC[C@@H](O)COP(=O)(O)OC[C@@H](COC(=O)CCCCCCCCC(C)C)OC(=O)CCCCCCCCCCCCC. The Labute approximate surface area is 549 Å². The summed E-state index contributed by atoms with van der Waals surface area (Å²) in [4.78, 5) is 72.5. The van der Waals surface area contributed by atoms with Gasteiger partial charge in [0.1, 0.15) is 19.3 Å². The lowest BCUT2D eigenvalue weighted by Gasteiger charge is -2.21. The highest BCUT2D eigenvalue weighted by atomic mass is 31.2. The van der Waals surface area contributed by atoms with Gasteiger partial charge in [0, 0.05) is 25.7 Å². The van der Waals surface area contributed by atoms with E-state index in [-0.39, 0.29) is 25.7 Å². The average Bonchev–Trinajstić information content (AvgIpc) is 3.72. The fourth-order valence-electron chi connectivity index (χ4n) is 10.8. The Balaban J connectivity index is 5.21. The van der Waals surface area contributed by atoms with Crippen LogP contribution in [0.3, 0.4) is 0 Å². The van der Waals surface area contributed by atoms with Gasteiger partial charge in [-0.3, -0.25) is 37.3 Å². The summed E-state index contributed by atoms with van der Waals surface area (Å²) >= 11 is 0. The van der Waals surface area contributed by atoms with E-state index in [1.807, 2.05) is 0 Å². The molecule has 534 valence electrons. The van der Waals surface area contributed by atoms with Crippen LogP contribution in [0.1, 0.15) is 369 Å². The maximum atomic E-state index is 13.0. The van der Waals surface area contributed by atoms with Crippen molar-refractivity contribution in [2.24, 2.45) is 5.92 Å². The van der Waals surface area contributed by atoms with Gasteiger partial charge in [0.2, 0.25) is 0 Å². The molecule has 0 rings (SSSR count). The molecule has 3 N–H and O–H groups in total. The molecule has 0 aliphatic rings. The number of carbonyl (C=O) groups excluding carboxylic acids is 4. The predicted molar refractivity (Wildman–Crippen MR) is 363 cm³/mol. The number of hydrogen-bond donors (Lipinski definition) is 3. The summed E-state index contributed by atoms with van der Waals surface area (Å²) in [6.45, 7) is 7.17. The number of aliphatic hydroxyl groups is 1. The monoisotopic (exact) mass is 1320 g/mol. The third-order valence-electron chi connectivity index (χ3n) is 16.5. The molecule has 0 aromatic carbocycles. The number of hydrogen-bond acceptors (Lipinski definition) is 15. The molecule has 0 spiro atoms. The van der Waals surface area contributed by atoms with E-state index >= 15 is 0 Å². The Bertz CT molecular complexity index is 1740. The summed E-state index contributed by atoms with van der Waals surface area (Å²) in [5, 5.41) is 10.6. The Morgan fingerprint density at radius 3 is 0.756 bits per heavy atom. The zero-order chi connectivity index (χ0) is 66.3.